The van der Waals surface area contributed by atoms with E-state index in [1.807, 2.05) is 12.1 Å². The number of para-hydroxylation sites is 1. The van der Waals surface area contributed by atoms with Crippen molar-refractivity contribution in [2.75, 3.05) is 11.4 Å². The van der Waals surface area contributed by atoms with Gasteiger partial charge in [0.05, 0.1) is 11.8 Å². The molecule has 16 heavy (non-hydrogen) atoms. The lowest BCUT2D eigenvalue weighted by Crippen LogP contribution is -2.35. The standard InChI is InChI=1S/C11H14N2O2S/c1-3-11(9-12)16(14,15)13(2)10-7-5-4-6-8-10/h4-8,11H,3H2,1-2H3. The Morgan fingerprint density at radius 1 is 1.38 bits per heavy atom. The molecule has 1 atom stereocenters. The molecule has 1 aromatic rings. The number of nitrogens with zero attached hydrogens (tertiary/aromatic N) is 2. The highest BCUT2D eigenvalue weighted by Gasteiger charge is 2.28. The van der Waals surface area contributed by atoms with Gasteiger partial charge in [-0.3, -0.25) is 4.31 Å². The van der Waals surface area contributed by atoms with Gasteiger partial charge in [0.25, 0.3) is 10.0 Å². The number of nitriles is 1. The van der Waals surface area contributed by atoms with Crippen molar-refractivity contribution >= 4 is 15.7 Å². The van der Waals surface area contributed by atoms with Gasteiger partial charge in [-0.15, -0.1) is 0 Å². The van der Waals surface area contributed by atoms with Crippen molar-refractivity contribution in [2.24, 2.45) is 0 Å². The summed E-state index contributed by atoms with van der Waals surface area (Å²) in [4.78, 5) is 0. The molecule has 0 radical (unpaired) electrons. The average Bonchev–Trinajstić information content (AvgIpc) is 2.30. The Morgan fingerprint density at radius 2 is 1.94 bits per heavy atom. The second kappa shape index (κ2) is 4.99. The van der Waals surface area contributed by atoms with Crippen molar-refractivity contribution in [1.29, 1.82) is 5.26 Å². The summed E-state index contributed by atoms with van der Waals surface area (Å²) in [6.45, 7) is 1.68. The van der Waals surface area contributed by atoms with Crippen molar-refractivity contribution in [3.63, 3.8) is 0 Å². The highest BCUT2D eigenvalue weighted by molar-refractivity contribution is 7.93. The summed E-state index contributed by atoms with van der Waals surface area (Å²) in [7, 11) is -2.12. The third-order valence-electron chi connectivity index (χ3n) is 2.38. The maximum Gasteiger partial charge on any atom is 0.251 e. The second-order valence-electron chi connectivity index (χ2n) is 3.37. The van der Waals surface area contributed by atoms with E-state index < -0.39 is 15.3 Å². The Bertz CT molecular complexity index is 476. The van der Waals surface area contributed by atoms with Crippen LogP contribution in [0.3, 0.4) is 0 Å². The van der Waals surface area contributed by atoms with E-state index in [1.54, 1.807) is 31.2 Å². The Kier molecular flexibility index (Phi) is 3.91. The summed E-state index contributed by atoms with van der Waals surface area (Å²) >= 11 is 0. The van der Waals surface area contributed by atoms with Crippen LogP contribution in [-0.2, 0) is 10.0 Å². The Balaban J connectivity index is 3.07. The summed E-state index contributed by atoms with van der Waals surface area (Å²) in [5.74, 6) is 0. The van der Waals surface area contributed by atoms with Gasteiger partial charge in [0, 0.05) is 7.05 Å². The zero-order chi connectivity index (χ0) is 12.2. The van der Waals surface area contributed by atoms with Crippen LogP contribution in [0, 0.1) is 11.3 Å². The maximum atomic E-state index is 12.0. The van der Waals surface area contributed by atoms with Crippen LogP contribution in [0.4, 0.5) is 5.69 Å². The largest absolute Gasteiger partial charge is 0.272 e. The summed E-state index contributed by atoms with van der Waals surface area (Å²) in [5.41, 5.74) is 0.566. The van der Waals surface area contributed by atoms with Crippen LogP contribution in [0.25, 0.3) is 0 Å². The highest BCUT2D eigenvalue weighted by Crippen LogP contribution is 2.19. The molecule has 5 heteroatoms. The highest BCUT2D eigenvalue weighted by atomic mass is 32.2. The summed E-state index contributed by atoms with van der Waals surface area (Å²) < 4.78 is 25.2. The van der Waals surface area contributed by atoms with E-state index in [1.165, 1.54) is 7.05 Å². The molecule has 1 unspecified atom stereocenters. The first-order valence-electron chi connectivity index (χ1n) is 4.96. The quantitative estimate of drug-likeness (QED) is 0.803. The van der Waals surface area contributed by atoms with Crippen LogP contribution < -0.4 is 4.31 Å². The number of anilines is 1. The second-order valence-corrected chi connectivity index (χ2v) is 5.52. The molecule has 1 rings (SSSR count). The maximum absolute atomic E-state index is 12.0. The van der Waals surface area contributed by atoms with Gasteiger partial charge in [0.1, 0.15) is 0 Å². The predicted molar refractivity (Wildman–Crippen MR) is 63.5 cm³/mol. The SMILES string of the molecule is CCC(C#N)S(=O)(=O)N(C)c1ccccc1. The van der Waals surface area contributed by atoms with E-state index in [0.717, 1.165) is 4.31 Å². The van der Waals surface area contributed by atoms with Gasteiger partial charge in [0.2, 0.25) is 0 Å². The molecule has 4 nitrogen and oxygen atoms in total. The van der Waals surface area contributed by atoms with Crippen molar-refractivity contribution in [3.05, 3.63) is 30.3 Å². The van der Waals surface area contributed by atoms with E-state index in [0.29, 0.717) is 5.69 Å². The van der Waals surface area contributed by atoms with Gasteiger partial charge in [-0.1, -0.05) is 25.1 Å². The molecule has 0 aliphatic heterocycles. The van der Waals surface area contributed by atoms with Gasteiger partial charge >= 0.3 is 0 Å². The number of hydrogen-bond donors (Lipinski definition) is 0. The van der Waals surface area contributed by atoms with Gasteiger partial charge in [0.15, 0.2) is 5.25 Å². The minimum Gasteiger partial charge on any atom is -0.272 e. The van der Waals surface area contributed by atoms with Crippen molar-refractivity contribution in [2.45, 2.75) is 18.6 Å². The lowest BCUT2D eigenvalue weighted by molar-refractivity contribution is 0.585. The van der Waals surface area contributed by atoms with Crippen molar-refractivity contribution < 1.29 is 8.42 Å². The molecule has 0 saturated carbocycles. The van der Waals surface area contributed by atoms with E-state index in [4.69, 9.17) is 5.26 Å². The lowest BCUT2D eigenvalue weighted by atomic mass is 10.3. The van der Waals surface area contributed by atoms with Crippen LogP contribution in [0.1, 0.15) is 13.3 Å². The van der Waals surface area contributed by atoms with Gasteiger partial charge in [-0.2, -0.15) is 5.26 Å². The van der Waals surface area contributed by atoms with Crippen LogP contribution in [0.5, 0.6) is 0 Å². The van der Waals surface area contributed by atoms with Crippen LogP contribution in [0.2, 0.25) is 0 Å². The molecule has 1 aromatic carbocycles. The van der Waals surface area contributed by atoms with E-state index in [2.05, 4.69) is 0 Å². The summed E-state index contributed by atoms with van der Waals surface area (Å²) in [6, 6.07) is 10.5. The van der Waals surface area contributed by atoms with Crippen molar-refractivity contribution in [3.8, 4) is 6.07 Å². The normalized spacial score (nSPS) is 12.8. The van der Waals surface area contributed by atoms with Gasteiger partial charge < -0.3 is 0 Å². The topological polar surface area (TPSA) is 61.2 Å². The van der Waals surface area contributed by atoms with Gasteiger partial charge in [-0.25, -0.2) is 8.42 Å². The van der Waals surface area contributed by atoms with E-state index in [9.17, 15) is 8.42 Å². The molecule has 0 amide bonds. The number of sulfonamides is 1. The Labute approximate surface area is 96.2 Å². The van der Waals surface area contributed by atoms with Crippen LogP contribution in [-0.4, -0.2) is 20.7 Å². The first kappa shape index (κ1) is 12.5. The van der Waals surface area contributed by atoms with E-state index in [-0.39, 0.29) is 6.42 Å². The van der Waals surface area contributed by atoms with Gasteiger partial charge in [-0.05, 0) is 18.6 Å². The molecule has 0 saturated heterocycles. The third-order valence-corrected chi connectivity index (χ3v) is 4.51. The molecule has 0 fully saturated rings. The van der Waals surface area contributed by atoms with Crippen LogP contribution >= 0.6 is 0 Å². The number of rotatable bonds is 4. The van der Waals surface area contributed by atoms with Crippen LogP contribution in [0.15, 0.2) is 30.3 Å². The molecule has 0 heterocycles. The van der Waals surface area contributed by atoms with Crippen molar-refractivity contribution in [1.82, 2.24) is 0 Å². The number of hydrogen-bond acceptors (Lipinski definition) is 3. The minimum atomic E-state index is -3.58. The summed E-state index contributed by atoms with van der Waals surface area (Å²) in [6.07, 6.45) is 0.288. The minimum absolute atomic E-state index is 0.288. The number of benzene rings is 1. The summed E-state index contributed by atoms with van der Waals surface area (Å²) in [5, 5.41) is 7.81. The molecule has 0 aliphatic carbocycles. The fraction of sp³-hybridized carbons (Fsp3) is 0.364. The first-order valence-corrected chi connectivity index (χ1v) is 6.46. The monoisotopic (exact) mass is 238 g/mol. The predicted octanol–water partition coefficient (Wildman–Crippen LogP) is 1.75. The fourth-order valence-corrected chi connectivity index (χ4v) is 2.70. The average molecular weight is 238 g/mol. The first-order chi connectivity index (χ1) is 7.54. The molecular formula is C11H14N2O2S. The lowest BCUT2D eigenvalue weighted by Gasteiger charge is -2.21. The fourth-order valence-electron chi connectivity index (χ4n) is 1.34. The molecule has 86 valence electrons. The molecule has 0 aromatic heterocycles. The zero-order valence-electron chi connectivity index (χ0n) is 9.29. The Morgan fingerprint density at radius 3 is 2.38 bits per heavy atom. The molecule has 0 spiro atoms. The molecule has 0 N–H and O–H groups in total. The molecular weight excluding hydrogens is 224 g/mol. The smallest absolute Gasteiger partial charge is 0.251 e. The molecule has 0 bridgehead atoms. The van der Waals surface area contributed by atoms with E-state index >= 15 is 0 Å². The Hall–Kier alpha value is -1.54. The molecule has 0 aliphatic rings. The third kappa shape index (κ3) is 2.34. The zero-order valence-corrected chi connectivity index (χ0v) is 10.1.